The van der Waals surface area contributed by atoms with Gasteiger partial charge in [0.2, 0.25) is 0 Å². The largest absolute Gasteiger partial charge is 0.459 e. The number of ether oxygens (including phenoxy) is 1. The highest BCUT2D eigenvalue weighted by molar-refractivity contribution is 5.71. The van der Waals surface area contributed by atoms with Gasteiger partial charge in [-0.1, -0.05) is 13.8 Å². The number of rotatable bonds is 8. The van der Waals surface area contributed by atoms with Crippen LogP contribution < -0.4 is 0 Å². The molecule has 0 spiro atoms. The third-order valence-corrected chi connectivity index (χ3v) is 2.96. The molecule has 138 valence electrons. The minimum absolute atomic E-state index is 0.0282. The van der Waals surface area contributed by atoms with Crippen LogP contribution in [0.5, 0.6) is 0 Å². The van der Waals surface area contributed by atoms with Crippen LogP contribution in [-0.2, 0) is 9.53 Å². The molecule has 0 amide bonds. The molecular formula is C11H12F10O2. The molecule has 23 heavy (non-hydrogen) atoms. The van der Waals surface area contributed by atoms with Crippen molar-refractivity contribution in [2.24, 2.45) is 5.92 Å². The highest BCUT2D eigenvalue weighted by atomic mass is 19.4. The summed E-state index contributed by atoms with van der Waals surface area (Å²) in [4.78, 5) is 11.0. The Labute approximate surface area is 123 Å². The lowest BCUT2D eigenvalue weighted by molar-refractivity contribution is -0.386. The van der Waals surface area contributed by atoms with Gasteiger partial charge in [0, 0.05) is 0 Å². The minimum Gasteiger partial charge on any atom is -0.459 e. The number of hydrogen-bond donors (Lipinski definition) is 0. The Bertz CT molecular complexity index is 421. The van der Waals surface area contributed by atoms with Crippen molar-refractivity contribution in [1.29, 1.82) is 0 Å². The number of alkyl halides is 10. The lowest BCUT2D eigenvalue weighted by Gasteiger charge is -2.36. The fourth-order valence-electron chi connectivity index (χ4n) is 1.14. The van der Waals surface area contributed by atoms with Gasteiger partial charge >= 0.3 is 36.1 Å². The highest BCUT2D eigenvalue weighted by Crippen LogP contribution is 2.54. The predicted octanol–water partition coefficient (Wildman–Crippen LogP) is 4.38. The Morgan fingerprint density at radius 3 is 1.74 bits per heavy atom. The smallest absolute Gasteiger partial charge is 0.384 e. The van der Waals surface area contributed by atoms with Crippen LogP contribution in [0.25, 0.3) is 0 Å². The normalized spacial score (nSPS) is 15.7. The summed E-state index contributed by atoms with van der Waals surface area (Å²) in [5, 5.41) is 0. The molecule has 0 saturated heterocycles. The summed E-state index contributed by atoms with van der Waals surface area (Å²) in [5.41, 5.74) is 0. The second kappa shape index (κ2) is 6.71. The van der Waals surface area contributed by atoms with Crippen LogP contribution >= 0.6 is 0 Å². The van der Waals surface area contributed by atoms with Gasteiger partial charge in [-0.25, -0.2) is 8.78 Å². The van der Waals surface area contributed by atoms with Crippen LogP contribution in [0.3, 0.4) is 0 Å². The van der Waals surface area contributed by atoms with Crippen molar-refractivity contribution < 1.29 is 53.4 Å². The van der Waals surface area contributed by atoms with Crippen molar-refractivity contribution in [3.63, 3.8) is 0 Å². The maximum absolute atomic E-state index is 13.1. The van der Waals surface area contributed by atoms with Gasteiger partial charge in [0.25, 0.3) is 0 Å². The number of hydrogen-bond acceptors (Lipinski definition) is 2. The molecule has 1 atom stereocenters. The summed E-state index contributed by atoms with van der Waals surface area (Å²) in [7, 11) is 0. The molecule has 0 aromatic heterocycles. The fourth-order valence-corrected chi connectivity index (χ4v) is 1.14. The Hall–Kier alpha value is -1.23. The minimum atomic E-state index is -7.08. The van der Waals surface area contributed by atoms with Crippen molar-refractivity contribution in [3.05, 3.63) is 0 Å². The molecule has 0 bridgehead atoms. The zero-order valence-corrected chi connectivity index (χ0v) is 11.7. The predicted molar refractivity (Wildman–Crippen MR) is 56.2 cm³/mol. The molecular weight excluding hydrogens is 354 g/mol. The van der Waals surface area contributed by atoms with Crippen LogP contribution in [0.15, 0.2) is 0 Å². The first kappa shape index (κ1) is 21.8. The zero-order chi connectivity index (χ0) is 18.9. The van der Waals surface area contributed by atoms with E-state index < -0.39 is 48.6 Å². The van der Waals surface area contributed by atoms with Crippen LogP contribution in [0.2, 0.25) is 0 Å². The van der Waals surface area contributed by atoms with E-state index in [1.54, 1.807) is 0 Å². The molecule has 0 aliphatic carbocycles. The monoisotopic (exact) mass is 366 g/mol. The van der Waals surface area contributed by atoms with E-state index in [0.717, 1.165) is 6.92 Å². The lowest BCUT2D eigenvalue weighted by atomic mass is 9.99. The maximum atomic E-state index is 13.1. The van der Waals surface area contributed by atoms with Crippen LogP contribution in [0.4, 0.5) is 43.9 Å². The molecule has 0 rings (SSSR count). The first-order valence-electron chi connectivity index (χ1n) is 6.02. The van der Waals surface area contributed by atoms with Gasteiger partial charge in [0.15, 0.2) is 6.61 Å². The third-order valence-electron chi connectivity index (χ3n) is 2.96. The first-order chi connectivity index (χ1) is 10.1. The standard InChI is InChI=1S/C11H12F10O2/c1-3-5(2)6(22)23-4-8(14,15)10(18,19)11(20,21)9(16,17)7(12)13/h5,7H,3-4H2,1-2H3. The quantitative estimate of drug-likeness (QED) is 0.471. The molecule has 1 unspecified atom stereocenters. The molecule has 0 radical (unpaired) electrons. The van der Waals surface area contributed by atoms with E-state index in [-0.39, 0.29) is 6.42 Å². The second-order valence-electron chi connectivity index (χ2n) is 4.69. The van der Waals surface area contributed by atoms with Crippen molar-refractivity contribution >= 4 is 5.97 Å². The lowest BCUT2D eigenvalue weighted by Crippen LogP contribution is -2.65. The van der Waals surface area contributed by atoms with Gasteiger partial charge in [-0.3, -0.25) is 4.79 Å². The van der Waals surface area contributed by atoms with Gasteiger partial charge in [-0.2, -0.15) is 35.1 Å². The van der Waals surface area contributed by atoms with Gasteiger partial charge in [0.05, 0.1) is 5.92 Å². The summed E-state index contributed by atoms with van der Waals surface area (Å²) in [5.74, 6) is -29.2. The van der Waals surface area contributed by atoms with Crippen LogP contribution in [0, 0.1) is 5.92 Å². The van der Waals surface area contributed by atoms with Gasteiger partial charge in [-0.05, 0) is 6.42 Å². The molecule has 0 saturated carbocycles. The molecule has 0 aliphatic rings. The average molecular weight is 366 g/mol. The third kappa shape index (κ3) is 3.82. The molecule has 2 nitrogen and oxygen atoms in total. The highest BCUT2D eigenvalue weighted by Gasteiger charge is 2.83. The molecule has 0 aromatic carbocycles. The van der Waals surface area contributed by atoms with Gasteiger partial charge < -0.3 is 4.74 Å². The SMILES string of the molecule is CCC(C)C(=O)OCC(F)(F)C(F)(F)C(F)(F)C(F)(F)C(F)F. The number of esters is 1. The van der Waals surface area contributed by atoms with E-state index in [9.17, 15) is 48.7 Å². The summed E-state index contributed by atoms with van der Waals surface area (Å²) in [6.45, 7) is -0.147. The van der Waals surface area contributed by atoms with E-state index in [0.29, 0.717) is 0 Å². The molecule has 0 N–H and O–H groups in total. The van der Waals surface area contributed by atoms with Crippen LogP contribution in [-0.4, -0.2) is 42.7 Å². The van der Waals surface area contributed by atoms with Crippen molar-refractivity contribution in [3.8, 4) is 0 Å². The molecule has 12 heteroatoms. The molecule has 0 aromatic rings. The van der Waals surface area contributed by atoms with Gasteiger partial charge in [0.1, 0.15) is 0 Å². The van der Waals surface area contributed by atoms with E-state index in [2.05, 4.69) is 4.74 Å². The van der Waals surface area contributed by atoms with Crippen LogP contribution in [0.1, 0.15) is 20.3 Å². The zero-order valence-electron chi connectivity index (χ0n) is 11.7. The Balaban J connectivity index is 5.42. The van der Waals surface area contributed by atoms with Crippen molar-refractivity contribution in [1.82, 2.24) is 0 Å². The van der Waals surface area contributed by atoms with E-state index in [1.165, 1.54) is 6.92 Å². The van der Waals surface area contributed by atoms with Crippen molar-refractivity contribution in [2.75, 3.05) is 6.61 Å². The summed E-state index contributed by atoms with van der Waals surface area (Å²) in [6, 6.07) is 0. The molecule has 0 aliphatic heterocycles. The van der Waals surface area contributed by atoms with Gasteiger partial charge in [-0.15, -0.1) is 0 Å². The topological polar surface area (TPSA) is 26.3 Å². The number of carbonyl (C=O) groups excluding carboxylic acids is 1. The Morgan fingerprint density at radius 2 is 1.39 bits per heavy atom. The second-order valence-corrected chi connectivity index (χ2v) is 4.69. The van der Waals surface area contributed by atoms with E-state index >= 15 is 0 Å². The molecule has 0 fully saturated rings. The summed E-state index contributed by atoms with van der Waals surface area (Å²) >= 11 is 0. The number of halogens is 10. The average Bonchev–Trinajstić information content (AvgIpc) is 2.42. The first-order valence-corrected chi connectivity index (χ1v) is 6.02. The van der Waals surface area contributed by atoms with E-state index in [4.69, 9.17) is 0 Å². The molecule has 0 heterocycles. The summed E-state index contributed by atoms with van der Waals surface area (Å²) in [6.07, 6.45) is -5.29. The summed E-state index contributed by atoms with van der Waals surface area (Å²) < 4.78 is 130. The number of carbonyl (C=O) groups is 1. The van der Waals surface area contributed by atoms with Crippen molar-refractivity contribution in [2.45, 2.75) is 50.4 Å². The maximum Gasteiger partial charge on any atom is 0.384 e. The fraction of sp³-hybridized carbons (Fsp3) is 0.909. The van der Waals surface area contributed by atoms with E-state index in [1.807, 2.05) is 0 Å². The Kier molecular flexibility index (Phi) is 6.36. The Morgan fingerprint density at radius 1 is 0.957 bits per heavy atom.